The van der Waals surface area contributed by atoms with Crippen LogP contribution in [0.4, 0.5) is 4.39 Å². The highest BCUT2D eigenvalue weighted by Gasteiger charge is 2.11. The molecule has 0 fully saturated rings. The second kappa shape index (κ2) is 7.31. The molecule has 0 saturated carbocycles. The first-order valence-corrected chi connectivity index (χ1v) is 9.29. The second-order valence-electron chi connectivity index (χ2n) is 6.35. The molecule has 0 radical (unpaired) electrons. The van der Waals surface area contributed by atoms with Crippen molar-refractivity contribution in [1.82, 2.24) is 4.57 Å². The van der Waals surface area contributed by atoms with Crippen molar-refractivity contribution in [2.75, 3.05) is 0 Å². The molecule has 0 unspecified atom stereocenters. The average molecular weight is 356 g/mol. The maximum Gasteiger partial charge on any atom is 0.279 e. The number of thiazole rings is 1. The molecule has 0 saturated heterocycles. The summed E-state index contributed by atoms with van der Waals surface area (Å²) in [5, 5.41) is 0. The van der Waals surface area contributed by atoms with Crippen LogP contribution in [-0.2, 0) is 6.54 Å². The van der Waals surface area contributed by atoms with Crippen molar-refractivity contribution in [3.8, 4) is 0 Å². The molecule has 1 heterocycles. The number of aromatic nitrogens is 1. The summed E-state index contributed by atoms with van der Waals surface area (Å²) >= 11 is 1.50. The summed E-state index contributed by atoms with van der Waals surface area (Å²) in [7, 11) is 0. The molecule has 5 heteroatoms. The Morgan fingerprint density at radius 1 is 1.24 bits per heavy atom. The third-order valence-electron chi connectivity index (χ3n) is 4.09. The van der Waals surface area contributed by atoms with Gasteiger partial charge in [-0.05, 0) is 48.2 Å². The van der Waals surface area contributed by atoms with Crippen molar-refractivity contribution >= 4 is 27.5 Å². The van der Waals surface area contributed by atoms with Crippen LogP contribution >= 0.6 is 11.3 Å². The maximum atomic E-state index is 13.4. The summed E-state index contributed by atoms with van der Waals surface area (Å²) in [5.74, 6) is -0.402. The van der Waals surface area contributed by atoms with Crippen LogP contribution in [-0.4, -0.2) is 10.5 Å². The smallest absolute Gasteiger partial charge is 0.279 e. The van der Waals surface area contributed by atoms with E-state index in [0.717, 1.165) is 23.2 Å². The third kappa shape index (κ3) is 3.71. The highest BCUT2D eigenvalue weighted by molar-refractivity contribution is 7.16. The van der Waals surface area contributed by atoms with Gasteiger partial charge in [0.1, 0.15) is 5.82 Å². The number of carbonyl (C=O) groups is 1. The Balaban J connectivity index is 2.13. The zero-order valence-electron chi connectivity index (χ0n) is 14.6. The average Bonchev–Trinajstić information content (AvgIpc) is 2.92. The molecule has 0 aliphatic rings. The van der Waals surface area contributed by atoms with E-state index >= 15 is 0 Å². The number of nitrogens with zero attached hydrogens (tertiary/aromatic N) is 2. The number of aryl methyl sites for hydroxylation is 1. The first-order chi connectivity index (χ1) is 12.0. The summed E-state index contributed by atoms with van der Waals surface area (Å²) in [6, 6.07) is 12.1. The molecule has 130 valence electrons. The van der Waals surface area contributed by atoms with Gasteiger partial charge in [0.25, 0.3) is 5.91 Å². The van der Waals surface area contributed by atoms with Gasteiger partial charge in [0.05, 0.1) is 10.2 Å². The van der Waals surface area contributed by atoms with Crippen LogP contribution in [0.15, 0.2) is 47.5 Å². The van der Waals surface area contributed by atoms with Gasteiger partial charge in [-0.2, -0.15) is 4.99 Å². The minimum atomic E-state index is -0.430. The second-order valence-corrected chi connectivity index (χ2v) is 7.35. The zero-order chi connectivity index (χ0) is 18.0. The monoisotopic (exact) mass is 356 g/mol. The van der Waals surface area contributed by atoms with Crippen LogP contribution in [0.5, 0.6) is 0 Å². The van der Waals surface area contributed by atoms with E-state index in [2.05, 4.69) is 48.5 Å². The van der Waals surface area contributed by atoms with E-state index in [1.165, 1.54) is 35.1 Å². The molecule has 3 aromatic rings. The van der Waals surface area contributed by atoms with Crippen LogP contribution in [0.25, 0.3) is 10.2 Å². The van der Waals surface area contributed by atoms with Crippen LogP contribution in [0.3, 0.4) is 0 Å². The summed E-state index contributed by atoms with van der Waals surface area (Å²) < 4.78 is 16.5. The van der Waals surface area contributed by atoms with Crippen molar-refractivity contribution < 1.29 is 9.18 Å². The lowest BCUT2D eigenvalue weighted by Crippen LogP contribution is -2.16. The van der Waals surface area contributed by atoms with Gasteiger partial charge in [0.2, 0.25) is 0 Å². The minimum absolute atomic E-state index is 0.267. The van der Waals surface area contributed by atoms with Gasteiger partial charge in [-0.3, -0.25) is 4.79 Å². The Labute approximate surface area is 150 Å². The Morgan fingerprint density at radius 2 is 2.04 bits per heavy atom. The lowest BCUT2D eigenvalue weighted by Gasteiger charge is -2.06. The lowest BCUT2D eigenvalue weighted by molar-refractivity contribution is 0.0997. The number of hydrogen-bond acceptors (Lipinski definition) is 2. The molecular weight excluding hydrogens is 335 g/mol. The molecule has 3 nitrogen and oxygen atoms in total. The minimum Gasteiger partial charge on any atom is -0.316 e. The SMILES string of the molecule is CCCn1c(=NC(=O)c2cccc(F)c2)sc2cc(C(C)C)ccc21. The normalized spacial score (nSPS) is 12.3. The molecule has 25 heavy (non-hydrogen) atoms. The summed E-state index contributed by atoms with van der Waals surface area (Å²) in [6.45, 7) is 7.20. The first-order valence-electron chi connectivity index (χ1n) is 8.47. The van der Waals surface area contributed by atoms with Gasteiger partial charge in [0.15, 0.2) is 4.80 Å². The summed E-state index contributed by atoms with van der Waals surface area (Å²) in [6.07, 6.45) is 0.944. The van der Waals surface area contributed by atoms with Gasteiger partial charge >= 0.3 is 0 Å². The van der Waals surface area contributed by atoms with Crippen molar-refractivity contribution in [3.63, 3.8) is 0 Å². The fourth-order valence-electron chi connectivity index (χ4n) is 2.75. The fraction of sp³-hybridized carbons (Fsp3) is 0.300. The van der Waals surface area contributed by atoms with E-state index in [4.69, 9.17) is 0 Å². The van der Waals surface area contributed by atoms with Gasteiger partial charge in [0, 0.05) is 12.1 Å². The highest BCUT2D eigenvalue weighted by Crippen LogP contribution is 2.24. The van der Waals surface area contributed by atoms with Crippen LogP contribution in [0.2, 0.25) is 0 Å². The number of fused-ring (bicyclic) bond motifs is 1. The number of halogens is 1. The topological polar surface area (TPSA) is 34.4 Å². The van der Waals surface area contributed by atoms with Gasteiger partial charge in [-0.1, -0.05) is 44.2 Å². The largest absolute Gasteiger partial charge is 0.316 e. The number of carbonyl (C=O) groups excluding carboxylic acids is 1. The third-order valence-corrected chi connectivity index (χ3v) is 5.13. The molecule has 0 N–H and O–H groups in total. The van der Waals surface area contributed by atoms with Gasteiger partial charge in [-0.15, -0.1) is 0 Å². The van der Waals surface area contributed by atoms with E-state index in [1.54, 1.807) is 6.07 Å². The summed E-state index contributed by atoms with van der Waals surface area (Å²) in [4.78, 5) is 17.4. The van der Waals surface area contributed by atoms with E-state index in [1.807, 2.05) is 0 Å². The number of hydrogen-bond donors (Lipinski definition) is 0. The number of amides is 1. The molecule has 0 spiro atoms. The number of benzene rings is 2. The van der Waals surface area contributed by atoms with E-state index in [-0.39, 0.29) is 5.56 Å². The molecule has 0 bridgehead atoms. The molecular formula is C20H21FN2OS. The van der Waals surface area contributed by atoms with Crippen LogP contribution < -0.4 is 4.80 Å². The van der Waals surface area contributed by atoms with E-state index in [9.17, 15) is 9.18 Å². The highest BCUT2D eigenvalue weighted by atomic mass is 32.1. The predicted molar refractivity (Wildman–Crippen MR) is 100 cm³/mol. The lowest BCUT2D eigenvalue weighted by atomic mass is 10.0. The molecule has 2 aromatic carbocycles. The molecule has 1 aromatic heterocycles. The maximum absolute atomic E-state index is 13.4. The Bertz CT molecular complexity index is 985. The molecule has 1 amide bonds. The Morgan fingerprint density at radius 3 is 2.72 bits per heavy atom. The molecule has 0 aliphatic heterocycles. The first kappa shape index (κ1) is 17.5. The van der Waals surface area contributed by atoms with E-state index in [0.29, 0.717) is 10.7 Å². The Kier molecular flexibility index (Phi) is 5.13. The Hall–Kier alpha value is -2.27. The zero-order valence-corrected chi connectivity index (χ0v) is 15.4. The number of rotatable bonds is 4. The van der Waals surface area contributed by atoms with Crippen LogP contribution in [0.1, 0.15) is 49.0 Å². The molecule has 3 rings (SSSR count). The quantitative estimate of drug-likeness (QED) is 0.639. The van der Waals surface area contributed by atoms with Crippen molar-refractivity contribution in [2.24, 2.45) is 4.99 Å². The fourth-order valence-corrected chi connectivity index (χ4v) is 3.85. The van der Waals surface area contributed by atoms with Crippen LogP contribution in [0, 0.1) is 5.82 Å². The van der Waals surface area contributed by atoms with E-state index < -0.39 is 11.7 Å². The van der Waals surface area contributed by atoms with Gasteiger partial charge < -0.3 is 4.57 Å². The summed E-state index contributed by atoms with van der Waals surface area (Å²) in [5.41, 5.74) is 2.62. The standard InChI is InChI=1S/C20H21FN2OS/c1-4-10-23-17-9-8-14(13(2)3)12-18(17)25-20(23)22-19(24)15-6-5-7-16(21)11-15/h5-9,11-13H,4,10H2,1-3H3. The predicted octanol–water partition coefficient (Wildman–Crippen LogP) is 5.12. The van der Waals surface area contributed by atoms with Gasteiger partial charge in [-0.25, -0.2) is 4.39 Å². The molecule has 0 aliphatic carbocycles. The van der Waals surface area contributed by atoms with Crippen molar-refractivity contribution in [3.05, 3.63) is 64.2 Å². The van der Waals surface area contributed by atoms with Crippen molar-refractivity contribution in [1.29, 1.82) is 0 Å². The van der Waals surface area contributed by atoms with Crippen molar-refractivity contribution in [2.45, 2.75) is 39.7 Å². The molecule has 0 atom stereocenters.